The average molecular weight is 604 g/mol. The van der Waals surface area contributed by atoms with Crippen LogP contribution in [-0.4, -0.2) is 65.2 Å². The van der Waals surface area contributed by atoms with Gasteiger partial charge in [-0.25, -0.2) is 4.39 Å². The average Bonchev–Trinajstić information content (AvgIpc) is 3.42. The SMILES string of the molecule is C=CCN1C(=O)[C@@]2(O[C@@H](CC(=O)N3Cc4ccccc4C[C@H]3CO)[C@H](C(C)(C)F)[C@H]2C)c2cc(N3CCCCC3=O)ccc21. The maximum absolute atomic E-state index is 16.2. The van der Waals surface area contributed by atoms with E-state index in [-0.39, 0.29) is 37.3 Å². The smallest absolute Gasteiger partial charge is 0.264 e. The first-order valence-corrected chi connectivity index (χ1v) is 15.7. The molecule has 2 aromatic rings. The molecule has 0 aliphatic carbocycles. The minimum absolute atomic E-state index is 0.0330. The number of aliphatic hydroxyl groups is 1. The van der Waals surface area contributed by atoms with Gasteiger partial charge in [0.1, 0.15) is 5.67 Å². The van der Waals surface area contributed by atoms with Crippen molar-refractivity contribution in [2.75, 3.05) is 29.5 Å². The molecule has 0 unspecified atom stereocenters. The van der Waals surface area contributed by atoms with Gasteiger partial charge in [-0.1, -0.05) is 37.3 Å². The molecule has 8 nitrogen and oxygen atoms in total. The minimum Gasteiger partial charge on any atom is -0.394 e. The highest BCUT2D eigenvalue weighted by Gasteiger charge is 2.66. The van der Waals surface area contributed by atoms with Crippen molar-refractivity contribution in [2.45, 2.75) is 82.8 Å². The summed E-state index contributed by atoms with van der Waals surface area (Å²) in [5.41, 5.74) is 0.738. The van der Waals surface area contributed by atoms with Crippen molar-refractivity contribution in [3.05, 3.63) is 71.8 Å². The summed E-state index contributed by atoms with van der Waals surface area (Å²) in [6.45, 7) is 9.62. The first kappa shape index (κ1) is 30.5. The molecule has 3 amide bonds. The number of carbonyl (C=O) groups excluding carboxylic acids is 3. The predicted molar refractivity (Wildman–Crippen MR) is 166 cm³/mol. The largest absolute Gasteiger partial charge is 0.394 e. The summed E-state index contributed by atoms with van der Waals surface area (Å²) in [6, 6.07) is 13.0. The minimum atomic E-state index is -1.77. The van der Waals surface area contributed by atoms with E-state index in [9.17, 15) is 19.5 Å². The van der Waals surface area contributed by atoms with Gasteiger partial charge in [0.2, 0.25) is 11.8 Å². The molecule has 4 aliphatic rings. The number of piperidine rings is 1. The molecule has 0 bridgehead atoms. The van der Waals surface area contributed by atoms with Gasteiger partial charge >= 0.3 is 0 Å². The van der Waals surface area contributed by atoms with E-state index in [4.69, 9.17) is 4.74 Å². The Hall–Kier alpha value is -3.56. The molecule has 44 heavy (non-hydrogen) atoms. The van der Waals surface area contributed by atoms with Crippen molar-refractivity contribution in [1.29, 1.82) is 0 Å². The van der Waals surface area contributed by atoms with E-state index in [0.717, 1.165) is 24.0 Å². The quantitative estimate of drug-likeness (QED) is 0.465. The second-order valence-electron chi connectivity index (χ2n) is 13.2. The topological polar surface area (TPSA) is 90.4 Å². The zero-order chi connectivity index (χ0) is 31.4. The molecular formula is C35H42FN3O5. The number of aliphatic hydroxyl groups excluding tert-OH is 1. The van der Waals surface area contributed by atoms with Gasteiger partial charge < -0.3 is 24.5 Å². The second-order valence-corrected chi connectivity index (χ2v) is 13.2. The van der Waals surface area contributed by atoms with E-state index in [1.54, 1.807) is 20.8 Å². The second kappa shape index (κ2) is 11.4. The molecule has 0 aromatic heterocycles. The Bertz CT molecular complexity index is 1490. The zero-order valence-corrected chi connectivity index (χ0v) is 25.8. The van der Waals surface area contributed by atoms with Crippen LogP contribution in [0.1, 0.15) is 63.1 Å². The standard InChI is InChI=1S/C35H42FN3O5/c1-5-15-38-28-14-13-25(37-16-9-8-12-30(37)41)18-27(28)35(33(38)43)22(2)32(34(3,4)36)29(44-35)19-31(42)39-20-24-11-7-6-10-23(24)17-26(39)21-40/h5-7,10-11,13-14,18,22,26,29,32,40H,1,8-9,12,15-17,19-21H2,2-4H3/t22-,26+,29+,32-,35+/m1/s1. The Labute approximate surface area is 258 Å². The highest BCUT2D eigenvalue weighted by molar-refractivity contribution is 6.08. The first-order chi connectivity index (χ1) is 21.0. The molecule has 4 heterocycles. The van der Waals surface area contributed by atoms with Crippen molar-refractivity contribution >= 4 is 29.1 Å². The lowest BCUT2D eigenvalue weighted by molar-refractivity contribution is -0.151. The van der Waals surface area contributed by atoms with Crippen LogP contribution >= 0.6 is 0 Å². The highest BCUT2D eigenvalue weighted by Crippen LogP contribution is 2.59. The molecule has 6 rings (SSSR count). The van der Waals surface area contributed by atoms with Gasteiger partial charge in [-0.3, -0.25) is 14.4 Å². The van der Waals surface area contributed by atoms with Gasteiger partial charge in [-0.15, -0.1) is 6.58 Å². The third-order valence-corrected chi connectivity index (χ3v) is 10.2. The maximum atomic E-state index is 16.2. The molecule has 2 fully saturated rings. The molecule has 5 atom stereocenters. The van der Waals surface area contributed by atoms with Gasteiger partial charge in [-0.05, 0) is 62.4 Å². The Morgan fingerprint density at radius 3 is 2.61 bits per heavy atom. The van der Waals surface area contributed by atoms with E-state index in [2.05, 4.69) is 6.58 Å². The number of nitrogens with zero attached hydrogens (tertiary/aromatic N) is 3. The Balaban J connectivity index is 1.38. The molecule has 2 aromatic carbocycles. The molecule has 2 saturated heterocycles. The number of amides is 3. The number of hydrogen-bond donors (Lipinski definition) is 1. The van der Waals surface area contributed by atoms with Crippen molar-refractivity contribution in [2.24, 2.45) is 11.8 Å². The normalized spacial score (nSPS) is 28.4. The lowest BCUT2D eigenvalue weighted by Gasteiger charge is -2.37. The van der Waals surface area contributed by atoms with Crippen LogP contribution in [0.15, 0.2) is 55.1 Å². The number of carbonyl (C=O) groups is 3. The van der Waals surface area contributed by atoms with Gasteiger partial charge in [-0.2, -0.15) is 0 Å². The summed E-state index contributed by atoms with van der Waals surface area (Å²) in [7, 11) is 0. The predicted octanol–water partition coefficient (Wildman–Crippen LogP) is 4.67. The third kappa shape index (κ3) is 4.85. The lowest BCUT2D eigenvalue weighted by Crippen LogP contribution is -2.48. The summed E-state index contributed by atoms with van der Waals surface area (Å²) in [4.78, 5) is 46.2. The summed E-state index contributed by atoms with van der Waals surface area (Å²) < 4.78 is 23.0. The third-order valence-electron chi connectivity index (χ3n) is 10.2. The van der Waals surface area contributed by atoms with E-state index in [0.29, 0.717) is 42.9 Å². The van der Waals surface area contributed by atoms with Crippen molar-refractivity contribution < 1.29 is 28.6 Å². The Morgan fingerprint density at radius 1 is 1.18 bits per heavy atom. The number of benzene rings is 2. The van der Waals surface area contributed by atoms with Crippen molar-refractivity contribution in [3.63, 3.8) is 0 Å². The molecule has 4 aliphatic heterocycles. The van der Waals surface area contributed by atoms with Crippen LogP contribution in [0.2, 0.25) is 0 Å². The van der Waals surface area contributed by atoms with Crippen LogP contribution < -0.4 is 9.80 Å². The lowest BCUT2D eigenvalue weighted by atomic mass is 9.71. The van der Waals surface area contributed by atoms with Gasteiger partial charge in [0.15, 0.2) is 5.60 Å². The summed E-state index contributed by atoms with van der Waals surface area (Å²) >= 11 is 0. The first-order valence-electron chi connectivity index (χ1n) is 15.7. The number of fused-ring (bicyclic) bond motifs is 3. The van der Waals surface area contributed by atoms with Crippen molar-refractivity contribution in [1.82, 2.24) is 4.90 Å². The van der Waals surface area contributed by atoms with Gasteiger partial charge in [0, 0.05) is 49.1 Å². The number of rotatable bonds is 7. The Morgan fingerprint density at radius 2 is 1.93 bits per heavy atom. The Kier molecular flexibility index (Phi) is 7.91. The fourth-order valence-electron chi connectivity index (χ4n) is 8.12. The molecule has 0 radical (unpaired) electrons. The van der Waals surface area contributed by atoms with E-state index in [1.165, 1.54) is 13.8 Å². The summed E-state index contributed by atoms with van der Waals surface area (Å²) in [5, 5.41) is 10.2. The van der Waals surface area contributed by atoms with Gasteiger partial charge in [0.25, 0.3) is 5.91 Å². The highest BCUT2D eigenvalue weighted by atomic mass is 19.1. The molecule has 1 spiro atoms. The van der Waals surface area contributed by atoms with E-state index < -0.39 is 35.3 Å². The number of ether oxygens (including phenoxy) is 1. The molecular weight excluding hydrogens is 561 g/mol. The van der Waals surface area contributed by atoms with Crippen molar-refractivity contribution in [3.8, 4) is 0 Å². The van der Waals surface area contributed by atoms with Crippen LogP contribution in [0, 0.1) is 11.8 Å². The van der Waals surface area contributed by atoms with E-state index >= 15 is 4.39 Å². The number of anilines is 2. The monoisotopic (exact) mass is 603 g/mol. The fourth-order valence-corrected chi connectivity index (χ4v) is 8.12. The fraction of sp³-hybridized carbons (Fsp3) is 0.514. The summed E-state index contributed by atoms with van der Waals surface area (Å²) in [6.07, 6.45) is 3.35. The van der Waals surface area contributed by atoms with Gasteiger partial charge in [0.05, 0.1) is 30.9 Å². The molecule has 1 N–H and O–H groups in total. The maximum Gasteiger partial charge on any atom is 0.264 e. The number of hydrogen-bond acceptors (Lipinski definition) is 5. The van der Waals surface area contributed by atoms with E-state index in [1.807, 2.05) is 49.4 Å². The van der Waals surface area contributed by atoms with Crippen LogP contribution in [0.25, 0.3) is 0 Å². The zero-order valence-electron chi connectivity index (χ0n) is 25.8. The van der Waals surface area contributed by atoms with Crippen LogP contribution in [0.3, 0.4) is 0 Å². The summed E-state index contributed by atoms with van der Waals surface area (Å²) in [5.74, 6) is -1.93. The van der Waals surface area contributed by atoms with Crippen LogP contribution in [-0.2, 0) is 37.7 Å². The molecule has 9 heteroatoms. The number of alkyl halides is 1. The molecule has 0 saturated carbocycles. The van der Waals surface area contributed by atoms with Crippen LogP contribution in [0.4, 0.5) is 15.8 Å². The number of halogens is 1. The molecule has 234 valence electrons. The van der Waals surface area contributed by atoms with Crippen LogP contribution in [0.5, 0.6) is 0 Å².